The number of hydrogen-bond acceptors (Lipinski definition) is 1. The van der Waals surface area contributed by atoms with Gasteiger partial charge in [-0.2, -0.15) is 0 Å². The molecule has 0 heterocycles. The lowest BCUT2D eigenvalue weighted by Gasteiger charge is -2.36. The average molecular weight is 190 g/mol. The van der Waals surface area contributed by atoms with Crippen molar-refractivity contribution >= 4 is 9.24 Å². The van der Waals surface area contributed by atoms with Crippen molar-refractivity contribution in [3.63, 3.8) is 0 Å². The summed E-state index contributed by atoms with van der Waals surface area (Å²) in [4.78, 5) is 0. The van der Waals surface area contributed by atoms with Crippen molar-refractivity contribution in [2.24, 2.45) is 11.8 Å². The van der Waals surface area contributed by atoms with Gasteiger partial charge in [-0.3, -0.25) is 0 Å². The van der Waals surface area contributed by atoms with E-state index in [1.807, 2.05) is 6.92 Å². The molecule has 0 fully saturated rings. The summed E-state index contributed by atoms with van der Waals surface area (Å²) in [6.07, 6.45) is 0.705. The van der Waals surface area contributed by atoms with Crippen molar-refractivity contribution in [2.75, 3.05) is 0 Å². The number of aliphatic hydroxyl groups excluding tert-OH is 1. The quantitative estimate of drug-likeness (QED) is 0.676. The molecular weight excluding hydrogens is 167 g/mol. The first-order valence-corrected chi connectivity index (χ1v) is 5.33. The molecule has 0 aromatic heterocycles. The Morgan fingerprint density at radius 1 is 1.25 bits per heavy atom. The summed E-state index contributed by atoms with van der Waals surface area (Å²) in [5, 5.41) is 9.51. The Hall–Kier alpha value is 0.390. The van der Waals surface area contributed by atoms with Crippen molar-refractivity contribution in [1.29, 1.82) is 0 Å². The molecule has 0 saturated heterocycles. The predicted molar refractivity (Wildman–Crippen MR) is 58.4 cm³/mol. The van der Waals surface area contributed by atoms with Crippen LogP contribution in [0.2, 0.25) is 0 Å². The Morgan fingerprint density at radius 2 is 1.67 bits per heavy atom. The lowest BCUT2D eigenvalue weighted by atomic mass is 9.82. The second-order valence-corrected chi connectivity index (χ2v) is 5.75. The summed E-state index contributed by atoms with van der Waals surface area (Å²) in [6, 6.07) is 0. The molecule has 0 aliphatic heterocycles. The standard InChI is InChI=1S/C10H23OP/c1-7(2)10(5,12)8(3)6-9(4)11/h7-9,11H,6,12H2,1-5H3. The zero-order chi connectivity index (χ0) is 9.94. The van der Waals surface area contributed by atoms with Gasteiger partial charge in [-0.25, -0.2) is 0 Å². The molecule has 74 valence electrons. The molecule has 0 rings (SSSR count). The van der Waals surface area contributed by atoms with Crippen molar-refractivity contribution in [3.8, 4) is 0 Å². The molecule has 0 amide bonds. The third-order valence-corrected chi connectivity index (χ3v) is 4.24. The van der Waals surface area contributed by atoms with Gasteiger partial charge < -0.3 is 5.11 Å². The Balaban J connectivity index is 4.15. The third-order valence-electron chi connectivity index (χ3n) is 3.00. The highest BCUT2D eigenvalue weighted by atomic mass is 31.0. The van der Waals surface area contributed by atoms with Gasteiger partial charge in [0.1, 0.15) is 0 Å². The monoisotopic (exact) mass is 190 g/mol. The smallest absolute Gasteiger partial charge is 0.0515 e. The molecule has 0 aliphatic carbocycles. The van der Waals surface area contributed by atoms with E-state index >= 15 is 0 Å². The zero-order valence-electron chi connectivity index (χ0n) is 8.96. The van der Waals surface area contributed by atoms with E-state index in [1.54, 1.807) is 0 Å². The van der Waals surface area contributed by atoms with E-state index in [0.717, 1.165) is 6.42 Å². The number of rotatable bonds is 4. The van der Waals surface area contributed by atoms with E-state index < -0.39 is 0 Å². The minimum Gasteiger partial charge on any atom is -0.393 e. The first-order chi connectivity index (χ1) is 5.28. The van der Waals surface area contributed by atoms with Crippen LogP contribution in [0.3, 0.4) is 0 Å². The molecule has 0 aliphatic rings. The molecule has 4 unspecified atom stereocenters. The van der Waals surface area contributed by atoms with Gasteiger partial charge >= 0.3 is 0 Å². The normalized spacial score (nSPS) is 22.0. The van der Waals surface area contributed by atoms with Gasteiger partial charge in [-0.05, 0) is 30.3 Å². The SMILES string of the molecule is CC(O)CC(C)C(C)(P)C(C)C. The topological polar surface area (TPSA) is 20.2 Å². The van der Waals surface area contributed by atoms with Gasteiger partial charge in [0.2, 0.25) is 0 Å². The summed E-state index contributed by atoms with van der Waals surface area (Å²) >= 11 is 0. The van der Waals surface area contributed by atoms with E-state index in [4.69, 9.17) is 0 Å². The van der Waals surface area contributed by atoms with Gasteiger partial charge in [0.15, 0.2) is 0 Å². The Kier molecular flexibility index (Phi) is 4.73. The fourth-order valence-electron chi connectivity index (χ4n) is 1.33. The Morgan fingerprint density at radius 3 is 1.92 bits per heavy atom. The first kappa shape index (κ1) is 12.4. The Labute approximate surface area is 79.1 Å². The maximum absolute atomic E-state index is 9.26. The van der Waals surface area contributed by atoms with Crippen LogP contribution in [0.5, 0.6) is 0 Å². The van der Waals surface area contributed by atoms with Crippen LogP contribution < -0.4 is 0 Å². The summed E-state index contributed by atoms with van der Waals surface area (Å²) < 4.78 is 0. The molecule has 0 radical (unpaired) electrons. The first-order valence-electron chi connectivity index (χ1n) is 4.75. The maximum Gasteiger partial charge on any atom is 0.0515 e. The van der Waals surface area contributed by atoms with E-state index in [2.05, 4.69) is 36.9 Å². The van der Waals surface area contributed by atoms with Gasteiger partial charge in [0.05, 0.1) is 6.10 Å². The van der Waals surface area contributed by atoms with Gasteiger partial charge in [-0.1, -0.05) is 27.7 Å². The van der Waals surface area contributed by atoms with Gasteiger partial charge in [-0.15, -0.1) is 9.24 Å². The molecule has 0 aromatic carbocycles. The highest BCUT2D eigenvalue weighted by molar-refractivity contribution is 7.19. The molecule has 1 N–H and O–H groups in total. The van der Waals surface area contributed by atoms with Crippen LogP contribution in [0, 0.1) is 11.8 Å². The molecule has 0 spiro atoms. The van der Waals surface area contributed by atoms with Crippen LogP contribution in [0.15, 0.2) is 0 Å². The van der Waals surface area contributed by atoms with Crippen LogP contribution >= 0.6 is 9.24 Å². The van der Waals surface area contributed by atoms with Crippen molar-refractivity contribution in [3.05, 3.63) is 0 Å². The van der Waals surface area contributed by atoms with Crippen molar-refractivity contribution in [1.82, 2.24) is 0 Å². The van der Waals surface area contributed by atoms with E-state index in [9.17, 15) is 5.11 Å². The minimum absolute atomic E-state index is 0.182. The molecule has 0 aromatic rings. The number of aliphatic hydroxyl groups is 1. The highest BCUT2D eigenvalue weighted by Gasteiger charge is 2.29. The van der Waals surface area contributed by atoms with E-state index in [0.29, 0.717) is 11.8 Å². The fraction of sp³-hybridized carbons (Fsp3) is 1.00. The maximum atomic E-state index is 9.26. The average Bonchev–Trinajstić information content (AvgIpc) is 1.85. The van der Waals surface area contributed by atoms with E-state index in [-0.39, 0.29) is 11.3 Å². The van der Waals surface area contributed by atoms with Crippen LogP contribution in [0.25, 0.3) is 0 Å². The van der Waals surface area contributed by atoms with Crippen molar-refractivity contribution in [2.45, 2.75) is 52.3 Å². The molecule has 1 nitrogen and oxygen atoms in total. The largest absolute Gasteiger partial charge is 0.393 e. The molecule has 2 heteroatoms. The summed E-state index contributed by atoms with van der Waals surface area (Å²) in [6.45, 7) is 10.8. The molecule has 12 heavy (non-hydrogen) atoms. The van der Waals surface area contributed by atoms with E-state index in [1.165, 1.54) is 0 Å². The van der Waals surface area contributed by atoms with Gasteiger partial charge in [0.25, 0.3) is 0 Å². The lowest BCUT2D eigenvalue weighted by Crippen LogP contribution is -2.33. The summed E-state index contributed by atoms with van der Waals surface area (Å²) in [7, 11) is 2.93. The van der Waals surface area contributed by atoms with Crippen molar-refractivity contribution < 1.29 is 5.11 Å². The van der Waals surface area contributed by atoms with Crippen LogP contribution in [0.4, 0.5) is 0 Å². The zero-order valence-corrected chi connectivity index (χ0v) is 10.1. The Bertz CT molecular complexity index is 130. The van der Waals surface area contributed by atoms with Gasteiger partial charge in [0, 0.05) is 0 Å². The van der Waals surface area contributed by atoms with Crippen LogP contribution in [-0.2, 0) is 0 Å². The molecule has 0 saturated carbocycles. The third kappa shape index (κ3) is 3.41. The summed E-state index contributed by atoms with van der Waals surface area (Å²) in [5.74, 6) is 1.18. The van der Waals surface area contributed by atoms with Crippen LogP contribution in [0.1, 0.15) is 41.0 Å². The highest BCUT2D eigenvalue weighted by Crippen LogP contribution is 2.37. The molecular formula is C10H23OP. The minimum atomic E-state index is -0.182. The van der Waals surface area contributed by atoms with Crippen LogP contribution in [-0.4, -0.2) is 16.4 Å². The second kappa shape index (κ2) is 4.58. The second-order valence-electron chi connectivity index (χ2n) is 4.51. The molecule has 4 atom stereocenters. The lowest BCUT2D eigenvalue weighted by molar-refractivity contribution is 0.146. The predicted octanol–water partition coefficient (Wildman–Crippen LogP) is 2.68. The molecule has 0 bridgehead atoms. The fourth-order valence-corrected chi connectivity index (χ4v) is 1.47. The summed E-state index contributed by atoms with van der Waals surface area (Å²) in [5.41, 5.74) is 0. The number of hydrogen-bond donors (Lipinski definition) is 1.